The number of rotatable bonds is 1. The van der Waals surface area contributed by atoms with Crippen molar-refractivity contribution in [2.75, 3.05) is 6.61 Å². The SMILES string of the molecule is CC.Cc1c(Cl)cnn(C2CCCCO2)c1=O. The van der Waals surface area contributed by atoms with Gasteiger partial charge in [0.1, 0.15) is 0 Å². The molecule has 1 atom stereocenters. The average Bonchev–Trinajstić information content (AvgIpc) is 2.40. The molecule has 96 valence electrons. The Bertz CT molecular complexity index is 411. The molecule has 1 unspecified atom stereocenters. The molecule has 0 aliphatic carbocycles. The molecule has 17 heavy (non-hydrogen) atoms. The van der Waals surface area contributed by atoms with Crippen LogP contribution < -0.4 is 5.56 Å². The minimum absolute atomic E-state index is 0.158. The quantitative estimate of drug-likeness (QED) is 0.778. The summed E-state index contributed by atoms with van der Waals surface area (Å²) in [5.41, 5.74) is 0.371. The van der Waals surface area contributed by atoms with Crippen molar-refractivity contribution < 1.29 is 4.74 Å². The van der Waals surface area contributed by atoms with Gasteiger partial charge in [0.25, 0.3) is 5.56 Å². The molecule has 1 aliphatic rings. The minimum atomic E-state index is -0.220. The Balaban J connectivity index is 0.000000686. The Hall–Kier alpha value is -0.870. The van der Waals surface area contributed by atoms with Crippen LogP contribution >= 0.6 is 11.6 Å². The van der Waals surface area contributed by atoms with E-state index in [4.69, 9.17) is 16.3 Å². The maximum atomic E-state index is 11.8. The van der Waals surface area contributed by atoms with Crippen LogP contribution in [-0.2, 0) is 4.74 Å². The van der Waals surface area contributed by atoms with Crippen LogP contribution in [0.3, 0.4) is 0 Å². The Morgan fingerprint density at radius 2 is 2.18 bits per heavy atom. The number of halogens is 1. The highest BCUT2D eigenvalue weighted by Crippen LogP contribution is 2.20. The van der Waals surface area contributed by atoms with Gasteiger partial charge in [-0.05, 0) is 26.2 Å². The third kappa shape index (κ3) is 3.30. The van der Waals surface area contributed by atoms with Crippen LogP contribution in [-0.4, -0.2) is 16.4 Å². The van der Waals surface area contributed by atoms with Gasteiger partial charge in [-0.25, -0.2) is 4.68 Å². The monoisotopic (exact) mass is 258 g/mol. The second kappa shape index (κ2) is 6.77. The van der Waals surface area contributed by atoms with E-state index < -0.39 is 0 Å². The van der Waals surface area contributed by atoms with Gasteiger partial charge < -0.3 is 4.74 Å². The smallest absolute Gasteiger partial charge is 0.273 e. The molecule has 0 aromatic carbocycles. The molecule has 4 nitrogen and oxygen atoms in total. The fraction of sp³-hybridized carbons (Fsp3) is 0.667. The molecule has 2 rings (SSSR count). The van der Waals surface area contributed by atoms with Crippen molar-refractivity contribution in [3.8, 4) is 0 Å². The standard InChI is InChI=1S/C10H13ClN2O2.C2H6/c1-7-8(11)6-12-13(10(7)14)9-4-2-3-5-15-9;1-2/h6,9H,2-5H2,1H3;1-2H3. The van der Waals surface area contributed by atoms with Gasteiger partial charge in [-0.3, -0.25) is 4.79 Å². The average molecular weight is 259 g/mol. The molecule has 1 fully saturated rings. The second-order valence-electron chi connectivity index (χ2n) is 3.69. The largest absolute Gasteiger partial charge is 0.356 e. The van der Waals surface area contributed by atoms with Gasteiger partial charge >= 0.3 is 0 Å². The van der Waals surface area contributed by atoms with E-state index in [-0.39, 0.29) is 11.8 Å². The van der Waals surface area contributed by atoms with Crippen LogP contribution in [0.25, 0.3) is 0 Å². The topological polar surface area (TPSA) is 44.1 Å². The number of hydrogen-bond donors (Lipinski definition) is 0. The molecule has 0 N–H and O–H groups in total. The highest BCUT2D eigenvalue weighted by molar-refractivity contribution is 6.31. The highest BCUT2D eigenvalue weighted by Gasteiger charge is 2.19. The van der Waals surface area contributed by atoms with Crippen LogP contribution in [0.2, 0.25) is 5.02 Å². The molecule has 5 heteroatoms. The van der Waals surface area contributed by atoms with Crippen molar-refractivity contribution in [1.29, 1.82) is 0 Å². The molecule has 0 amide bonds. The van der Waals surface area contributed by atoms with Crippen LogP contribution in [0.15, 0.2) is 11.0 Å². The van der Waals surface area contributed by atoms with Crippen molar-refractivity contribution in [2.24, 2.45) is 0 Å². The van der Waals surface area contributed by atoms with Gasteiger partial charge in [0.2, 0.25) is 0 Å². The normalized spacial score (nSPS) is 19.4. The fourth-order valence-corrected chi connectivity index (χ4v) is 1.78. The van der Waals surface area contributed by atoms with E-state index in [1.165, 1.54) is 10.9 Å². The first-order valence-corrected chi connectivity index (χ1v) is 6.43. The molecule has 1 aromatic rings. The van der Waals surface area contributed by atoms with E-state index >= 15 is 0 Å². The highest BCUT2D eigenvalue weighted by atomic mass is 35.5. The van der Waals surface area contributed by atoms with Gasteiger partial charge in [0, 0.05) is 12.2 Å². The molecule has 1 saturated heterocycles. The maximum absolute atomic E-state index is 11.8. The first kappa shape index (κ1) is 14.2. The summed E-state index contributed by atoms with van der Waals surface area (Å²) in [6.07, 6.45) is 4.24. The maximum Gasteiger partial charge on any atom is 0.273 e. The molecule has 1 aliphatic heterocycles. The van der Waals surface area contributed by atoms with Crippen LogP contribution in [0.5, 0.6) is 0 Å². The number of hydrogen-bond acceptors (Lipinski definition) is 3. The van der Waals surface area contributed by atoms with Crippen molar-refractivity contribution >= 4 is 11.6 Å². The predicted molar refractivity (Wildman–Crippen MR) is 68.4 cm³/mol. The first-order valence-electron chi connectivity index (χ1n) is 6.05. The molecular weight excluding hydrogens is 240 g/mol. The van der Waals surface area contributed by atoms with Gasteiger partial charge in [0.05, 0.1) is 11.2 Å². The van der Waals surface area contributed by atoms with Gasteiger partial charge in [-0.15, -0.1) is 0 Å². The molecule has 1 aromatic heterocycles. The zero-order chi connectivity index (χ0) is 12.8. The van der Waals surface area contributed by atoms with E-state index in [0.717, 1.165) is 19.3 Å². The molecule has 0 spiro atoms. The summed E-state index contributed by atoms with van der Waals surface area (Å²) < 4.78 is 6.89. The molecule has 2 heterocycles. The number of nitrogens with zero attached hydrogens (tertiary/aromatic N) is 2. The summed E-state index contributed by atoms with van der Waals surface area (Å²) in [5.74, 6) is 0. The third-order valence-electron chi connectivity index (χ3n) is 2.61. The fourth-order valence-electron chi connectivity index (χ4n) is 1.66. The van der Waals surface area contributed by atoms with Gasteiger partial charge in [-0.1, -0.05) is 25.4 Å². The molecule has 0 radical (unpaired) electrons. The Labute approximate surface area is 107 Å². The van der Waals surface area contributed by atoms with E-state index in [1.807, 2.05) is 13.8 Å². The van der Waals surface area contributed by atoms with Gasteiger partial charge in [0.15, 0.2) is 6.23 Å². The predicted octanol–water partition coefficient (Wildman–Crippen LogP) is 2.93. The summed E-state index contributed by atoms with van der Waals surface area (Å²) in [6, 6.07) is 0. The van der Waals surface area contributed by atoms with Crippen molar-refractivity contribution in [3.05, 3.63) is 27.1 Å². The zero-order valence-corrected chi connectivity index (χ0v) is 11.3. The Morgan fingerprint density at radius 3 is 2.76 bits per heavy atom. The lowest BCUT2D eigenvalue weighted by Crippen LogP contribution is -2.32. The van der Waals surface area contributed by atoms with Crippen LogP contribution in [0.4, 0.5) is 0 Å². The Morgan fingerprint density at radius 1 is 1.47 bits per heavy atom. The first-order chi connectivity index (χ1) is 8.20. The molecule has 0 bridgehead atoms. The summed E-state index contributed by atoms with van der Waals surface area (Å²) in [5, 5.41) is 4.42. The van der Waals surface area contributed by atoms with E-state index in [1.54, 1.807) is 6.92 Å². The summed E-state index contributed by atoms with van der Waals surface area (Å²) >= 11 is 5.81. The summed E-state index contributed by atoms with van der Waals surface area (Å²) in [7, 11) is 0. The van der Waals surface area contributed by atoms with Crippen LogP contribution in [0, 0.1) is 6.92 Å². The zero-order valence-electron chi connectivity index (χ0n) is 10.6. The lowest BCUT2D eigenvalue weighted by molar-refractivity contribution is -0.0426. The number of aromatic nitrogens is 2. The summed E-state index contributed by atoms with van der Waals surface area (Å²) in [6.45, 7) is 6.39. The molecular formula is C12H19ClN2O2. The van der Waals surface area contributed by atoms with Crippen molar-refractivity contribution in [1.82, 2.24) is 9.78 Å². The number of ether oxygens (including phenoxy) is 1. The van der Waals surface area contributed by atoms with E-state index in [9.17, 15) is 4.79 Å². The molecule has 0 saturated carbocycles. The summed E-state index contributed by atoms with van der Waals surface area (Å²) in [4.78, 5) is 11.8. The third-order valence-corrected chi connectivity index (χ3v) is 2.99. The lowest BCUT2D eigenvalue weighted by atomic mass is 10.2. The van der Waals surface area contributed by atoms with Crippen molar-refractivity contribution in [2.45, 2.75) is 46.3 Å². The van der Waals surface area contributed by atoms with Crippen LogP contribution in [0.1, 0.15) is 44.9 Å². The lowest BCUT2D eigenvalue weighted by Gasteiger charge is -2.23. The Kier molecular flexibility index (Phi) is 5.65. The van der Waals surface area contributed by atoms with E-state index in [2.05, 4.69) is 5.10 Å². The second-order valence-corrected chi connectivity index (χ2v) is 4.10. The van der Waals surface area contributed by atoms with Gasteiger partial charge in [-0.2, -0.15) is 5.10 Å². The minimum Gasteiger partial charge on any atom is -0.356 e. The van der Waals surface area contributed by atoms with Crippen molar-refractivity contribution in [3.63, 3.8) is 0 Å². The van der Waals surface area contributed by atoms with E-state index in [0.29, 0.717) is 17.2 Å².